The molecule has 164 valence electrons. The van der Waals surface area contributed by atoms with Crippen molar-refractivity contribution >= 4 is 23.6 Å². The summed E-state index contributed by atoms with van der Waals surface area (Å²) in [5, 5.41) is 8.81. The van der Waals surface area contributed by atoms with Gasteiger partial charge in [0.05, 0.1) is 0 Å². The predicted molar refractivity (Wildman–Crippen MR) is 117 cm³/mol. The van der Waals surface area contributed by atoms with Gasteiger partial charge in [-0.25, -0.2) is 8.78 Å². The van der Waals surface area contributed by atoms with Gasteiger partial charge < -0.3 is 14.7 Å². The monoisotopic (exact) mass is 427 g/mol. The normalized spacial score (nSPS) is 18.1. The Morgan fingerprint density at radius 3 is 2.16 bits per heavy atom. The molecule has 1 amide bonds. The van der Waals surface area contributed by atoms with Crippen LogP contribution in [0.3, 0.4) is 0 Å². The third-order valence-corrected chi connectivity index (χ3v) is 6.02. The molecule has 6 nitrogen and oxygen atoms in total. The first kappa shape index (κ1) is 21.2. The zero-order chi connectivity index (χ0) is 21.8. The van der Waals surface area contributed by atoms with Crippen molar-refractivity contribution in [2.75, 3.05) is 49.1 Å². The van der Waals surface area contributed by atoms with Gasteiger partial charge in [-0.05, 0) is 55.2 Å². The molecule has 2 aliphatic rings. The predicted octanol–water partition coefficient (Wildman–Crippen LogP) is 3.35. The quantitative estimate of drug-likeness (QED) is 0.701. The summed E-state index contributed by atoms with van der Waals surface area (Å²) in [6.07, 6.45) is 4.97. The van der Waals surface area contributed by atoms with Gasteiger partial charge in [-0.1, -0.05) is 6.92 Å². The summed E-state index contributed by atoms with van der Waals surface area (Å²) >= 11 is 0. The molecule has 0 atom stereocenters. The van der Waals surface area contributed by atoms with Gasteiger partial charge in [-0.15, -0.1) is 10.2 Å². The molecule has 2 aromatic rings. The van der Waals surface area contributed by atoms with Crippen molar-refractivity contribution in [2.24, 2.45) is 5.92 Å². The molecule has 2 fully saturated rings. The molecular formula is C23H27F2N5O. The van der Waals surface area contributed by atoms with Crippen LogP contribution < -0.4 is 9.80 Å². The minimum Gasteiger partial charge on any atom is -0.355 e. The van der Waals surface area contributed by atoms with Crippen molar-refractivity contribution in [3.05, 3.63) is 53.6 Å². The highest BCUT2D eigenvalue weighted by Gasteiger charge is 2.22. The van der Waals surface area contributed by atoms with Crippen LogP contribution in [0.25, 0.3) is 6.08 Å². The summed E-state index contributed by atoms with van der Waals surface area (Å²) in [6, 6.07) is 7.19. The lowest BCUT2D eigenvalue weighted by molar-refractivity contribution is -0.126. The Morgan fingerprint density at radius 2 is 1.55 bits per heavy atom. The molecule has 1 aromatic carbocycles. The summed E-state index contributed by atoms with van der Waals surface area (Å²) in [5.74, 6) is 1.17. The number of amides is 1. The van der Waals surface area contributed by atoms with Crippen molar-refractivity contribution in [1.29, 1.82) is 0 Å². The van der Waals surface area contributed by atoms with E-state index in [9.17, 15) is 13.6 Å². The van der Waals surface area contributed by atoms with Crippen LogP contribution in [0.5, 0.6) is 0 Å². The SMILES string of the molecule is CC1CCN(c2ccc(N3CCN(C(=O)/C=C/c4cc(F)ccc4F)CC3)nn2)CC1. The van der Waals surface area contributed by atoms with Gasteiger partial charge in [0.2, 0.25) is 5.91 Å². The fourth-order valence-electron chi connectivity index (χ4n) is 3.96. The number of rotatable bonds is 4. The number of piperazine rings is 1. The third-order valence-electron chi connectivity index (χ3n) is 6.02. The standard InChI is InChI=1S/C23H27F2N5O/c1-17-8-10-28(11-9-17)21-5-6-22(27-26-21)29-12-14-30(15-13-29)23(31)7-2-18-16-19(24)3-4-20(18)25/h2-7,16-17H,8-15H2,1H3/b7-2+. The zero-order valence-corrected chi connectivity index (χ0v) is 17.7. The molecule has 0 saturated carbocycles. The van der Waals surface area contributed by atoms with E-state index in [0.29, 0.717) is 26.2 Å². The number of piperidine rings is 1. The molecule has 0 spiro atoms. The first-order chi connectivity index (χ1) is 15.0. The van der Waals surface area contributed by atoms with E-state index >= 15 is 0 Å². The molecule has 0 unspecified atom stereocenters. The minimum absolute atomic E-state index is 0.0607. The fraction of sp³-hybridized carbons (Fsp3) is 0.435. The van der Waals surface area contributed by atoms with Crippen LogP contribution in [-0.4, -0.2) is 60.3 Å². The Bertz CT molecular complexity index is 933. The van der Waals surface area contributed by atoms with Crippen molar-refractivity contribution in [1.82, 2.24) is 15.1 Å². The van der Waals surface area contributed by atoms with E-state index in [4.69, 9.17) is 0 Å². The van der Waals surface area contributed by atoms with Gasteiger partial charge in [0.25, 0.3) is 0 Å². The first-order valence-electron chi connectivity index (χ1n) is 10.8. The number of aromatic nitrogens is 2. The highest BCUT2D eigenvalue weighted by molar-refractivity contribution is 5.92. The van der Waals surface area contributed by atoms with Gasteiger partial charge in [0.15, 0.2) is 11.6 Å². The lowest BCUT2D eigenvalue weighted by Crippen LogP contribution is -2.48. The Hall–Kier alpha value is -3.03. The average molecular weight is 427 g/mol. The zero-order valence-electron chi connectivity index (χ0n) is 17.7. The second-order valence-corrected chi connectivity index (χ2v) is 8.23. The average Bonchev–Trinajstić information content (AvgIpc) is 2.80. The van der Waals surface area contributed by atoms with Crippen LogP contribution >= 0.6 is 0 Å². The molecule has 3 heterocycles. The van der Waals surface area contributed by atoms with Crippen molar-refractivity contribution in [3.63, 3.8) is 0 Å². The van der Waals surface area contributed by atoms with E-state index < -0.39 is 11.6 Å². The Labute approximate surface area is 181 Å². The molecule has 2 aliphatic heterocycles. The van der Waals surface area contributed by atoms with Gasteiger partial charge in [-0.3, -0.25) is 4.79 Å². The van der Waals surface area contributed by atoms with Crippen LogP contribution in [-0.2, 0) is 4.79 Å². The maximum absolute atomic E-state index is 13.7. The van der Waals surface area contributed by atoms with E-state index in [1.165, 1.54) is 25.0 Å². The largest absolute Gasteiger partial charge is 0.355 e. The lowest BCUT2D eigenvalue weighted by Gasteiger charge is -2.35. The summed E-state index contributed by atoms with van der Waals surface area (Å²) in [6.45, 7) is 6.66. The summed E-state index contributed by atoms with van der Waals surface area (Å²) in [5.41, 5.74) is 0.0607. The van der Waals surface area contributed by atoms with E-state index in [0.717, 1.165) is 48.8 Å². The summed E-state index contributed by atoms with van der Waals surface area (Å²) < 4.78 is 27.0. The second-order valence-electron chi connectivity index (χ2n) is 8.23. The molecule has 0 bridgehead atoms. The highest BCUT2D eigenvalue weighted by atomic mass is 19.1. The smallest absolute Gasteiger partial charge is 0.246 e. The topological polar surface area (TPSA) is 52.6 Å². The number of benzene rings is 1. The maximum atomic E-state index is 13.7. The third kappa shape index (κ3) is 5.18. The maximum Gasteiger partial charge on any atom is 0.246 e. The van der Waals surface area contributed by atoms with Crippen molar-refractivity contribution in [3.8, 4) is 0 Å². The van der Waals surface area contributed by atoms with Crippen LogP contribution in [0.15, 0.2) is 36.4 Å². The summed E-state index contributed by atoms with van der Waals surface area (Å²) in [7, 11) is 0. The van der Waals surface area contributed by atoms with Crippen LogP contribution in [0.4, 0.5) is 20.4 Å². The molecule has 0 aliphatic carbocycles. The molecule has 2 saturated heterocycles. The van der Waals surface area contributed by atoms with Gasteiger partial charge in [0.1, 0.15) is 11.6 Å². The number of hydrogen-bond donors (Lipinski definition) is 0. The van der Waals surface area contributed by atoms with Crippen molar-refractivity contribution in [2.45, 2.75) is 19.8 Å². The second kappa shape index (κ2) is 9.41. The fourth-order valence-corrected chi connectivity index (χ4v) is 3.96. The molecule has 4 rings (SSSR count). The molecule has 31 heavy (non-hydrogen) atoms. The molecule has 1 aromatic heterocycles. The number of nitrogens with zero attached hydrogens (tertiary/aromatic N) is 5. The number of carbonyl (C=O) groups excluding carboxylic acids is 1. The van der Waals surface area contributed by atoms with Crippen LogP contribution in [0.2, 0.25) is 0 Å². The lowest BCUT2D eigenvalue weighted by atomic mass is 9.99. The van der Waals surface area contributed by atoms with E-state index in [2.05, 4.69) is 26.9 Å². The highest BCUT2D eigenvalue weighted by Crippen LogP contribution is 2.22. The van der Waals surface area contributed by atoms with E-state index in [-0.39, 0.29) is 11.5 Å². The number of hydrogen-bond acceptors (Lipinski definition) is 5. The number of carbonyl (C=O) groups is 1. The van der Waals surface area contributed by atoms with Crippen molar-refractivity contribution < 1.29 is 13.6 Å². The van der Waals surface area contributed by atoms with Crippen LogP contribution in [0, 0.1) is 17.6 Å². The minimum atomic E-state index is -0.559. The van der Waals surface area contributed by atoms with Gasteiger partial charge >= 0.3 is 0 Å². The Morgan fingerprint density at radius 1 is 0.935 bits per heavy atom. The first-order valence-corrected chi connectivity index (χ1v) is 10.8. The molecule has 0 N–H and O–H groups in total. The van der Waals surface area contributed by atoms with E-state index in [1.807, 2.05) is 12.1 Å². The Kier molecular flexibility index (Phi) is 6.44. The van der Waals surface area contributed by atoms with E-state index in [1.54, 1.807) is 4.90 Å². The van der Waals surface area contributed by atoms with Crippen LogP contribution in [0.1, 0.15) is 25.3 Å². The number of anilines is 2. The molecule has 8 heteroatoms. The summed E-state index contributed by atoms with van der Waals surface area (Å²) in [4.78, 5) is 18.5. The molecule has 0 radical (unpaired) electrons. The molecular weight excluding hydrogens is 400 g/mol. The number of halogens is 2. The van der Waals surface area contributed by atoms with Gasteiger partial charge in [0, 0.05) is 50.9 Å². The Balaban J connectivity index is 1.30. The van der Waals surface area contributed by atoms with Gasteiger partial charge in [-0.2, -0.15) is 0 Å².